The van der Waals surface area contributed by atoms with Crippen LogP contribution in [0.25, 0.3) is 0 Å². The van der Waals surface area contributed by atoms with Crippen LogP contribution in [0.4, 0.5) is 0 Å². The summed E-state index contributed by atoms with van der Waals surface area (Å²) < 4.78 is 11.7. The van der Waals surface area contributed by atoms with Crippen molar-refractivity contribution in [3.8, 4) is 17.6 Å². The average Bonchev–Trinajstić information content (AvgIpc) is 2.44. The maximum atomic E-state index is 9.50. The number of fused-ring (bicyclic) bond motifs is 2. The molecule has 3 rings (SSSR count). The Morgan fingerprint density at radius 3 is 2.68 bits per heavy atom. The first kappa shape index (κ1) is 12.3. The number of aryl methyl sites for hydroxylation is 1. The first-order valence-corrected chi connectivity index (χ1v) is 6.99. The molecular weight excluding hydrogens is 238 g/mol. The Morgan fingerprint density at radius 2 is 1.89 bits per heavy atom. The standard InChI is InChI=1S/C16H19NO2/c1-16(2,10-17)14-12-6-4-7-18-13(12)9-11-5-3-8-19-15(11)14/h9H,3-8H2,1-2H3. The van der Waals surface area contributed by atoms with Gasteiger partial charge >= 0.3 is 0 Å². The van der Waals surface area contributed by atoms with Gasteiger partial charge in [-0.2, -0.15) is 5.26 Å². The van der Waals surface area contributed by atoms with Gasteiger partial charge in [0, 0.05) is 11.1 Å². The summed E-state index contributed by atoms with van der Waals surface area (Å²) in [7, 11) is 0. The van der Waals surface area contributed by atoms with E-state index in [0.29, 0.717) is 0 Å². The van der Waals surface area contributed by atoms with Crippen LogP contribution < -0.4 is 9.47 Å². The minimum Gasteiger partial charge on any atom is -0.493 e. The van der Waals surface area contributed by atoms with E-state index in [9.17, 15) is 5.26 Å². The highest BCUT2D eigenvalue weighted by Crippen LogP contribution is 2.45. The third kappa shape index (κ3) is 1.96. The monoisotopic (exact) mass is 257 g/mol. The summed E-state index contributed by atoms with van der Waals surface area (Å²) in [4.78, 5) is 0. The summed E-state index contributed by atoms with van der Waals surface area (Å²) in [5.74, 6) is 1.91. The van der Waals surface area contributed by atoms with Gasteiger partial charge < -0.3 is 9.47 Å². The van der Waals surface area contributed by atoms with Gasteiger partial charge in [0.15, 0.2) is 0 Å². The SMILES string of the molecule is CC(C)(C#N)c1c2c(cc3c1OCCC3)OCCC2. The summed E-state index contributed by atoms with van der Waals surface area (Å²) in [6, 6.07) is 4.55. The average molecular weight is 257 g/mol. The Bertz CT molecular complexity index is 521. The molecular formula is C16H19NO2. The second-order valence-electron chi connectivity index (χ2n) is 5.86. The largest absolute Gasteiger partial charge is 0.493 e. The molecule has 0 saturated carbocycles. The molecule has 0 amide bonds. The van der Waals surface area contributed by atoms with Crippen molar-refractivity contribution in [2.45, 2.75) is 44.9 Å². The molecule has 1 aromatic rings. The van der Waals surface area contributed by atoms with Crippen molar-refractivity contribution < 1.29 is 9.47 Å². The molecule has 0 radical (unpaired) electrons. The number of nitriles is 1. The molecule has 3 heteroatoms. The number of ether oxygens (including phenoxy) is 2. The highest BCUT2D eigenvalue weighted by atomic mass is 16.5. The summed E-state index contributed by atoms with van der Waals surface area (Å²) >= 11 is 0. The van der Waals surface area contributed by atoms with E-state index in [-0.39, 0.29) is 0 Å². The third-order valence-corrected chi connectivity index (χ3v) is 3.99. The molecule has 1 aromatic carbocycles. The van der Waals surface area contributed by atoms with Crippen molar-refractivity contribution in [2.24, 2.45) is 0 Å². The van der Waals surface area contributed by atoms with Gasteiger partial charge in [0.25, 0.3) is 0 Å². The lowest BCUT2D eigenvalue weighted by Crippen LogP contribution is -2.24. The van der Waals surface area contributed by atoms with Crippen molar-refractivity contribution in [3.05, 3.63) is 22.8 Å². The molecule has 0 N–H and O–H groups in total. The molecule has 0 aromatic heterocycles. The zero-order valence-corrected chi connectivity index (χ0v) is 11.6. The number of hydrogen-bond donors (Lipinski definition) is 0. The summed E-state index contributed by atoms with van der Waals surface area (Å²) in [6.07, 6.45) is 4.05. The van der Waals surface area contributed by atoms with E-state index in [2.05, 4.69) is 12.1 Å². The Labute approximate surface area is 114 Å². The summed E-state index contributed by atoms with van der Waals surface area (Å²) in [5, 5.41) is 9.50. The predicted molar refractivity (Wildman–Crippen MR) is 72.7 cm³/mol. The van der Waals surface area contributed by atoms with Gasteiger partial charge in [-0.25, -0.2) is 0 Å². The number of nitrogens with zero attached hydrogens (tertiary/aromatic N) is 1. The van der Waals surface area contributed by atoms with Crippen LogP contribution >= 0.6 is 0 Å². The van der Waals surface area contributed by atoms with Gasteiger partial charge in [0.1, 0.15) is 11.5 Å². The first-order valence-electron chi connectivity index (χ1n) is 6.99. The summed E-state index contributed by atoms with van der Waals surface area (Å²) in [5.41, 5.74) is 2.90. The quantitative estimate of drug-likeness (QED) is 0.776. The van der Waals surface area contributed by atoms with Crippen molar-refractivity contribution in [1.29, 1.82) is 5.26 Å². The maximum Gasteiger partial charge on any atom is 0.127 e. The van der Waals surface area contributed by atoms with Crippen LogP contribution in [0.3, 0.4) is 0 Å². The topological polar surface area (TPSA) is 42.2 Å². The van der Waals surface area contributed by atoms with Crippen LogP contribution in [0, 0.1) is 11.3 Å². The fraction of sp³-hybridized carbons (Fsp3) is 0.562. The van der Waals surface area contributed by atoms with Crippen LogP contribution in [-0.2, 0) is 18.3 Å². The van der Waals surface area contributed by atoms with Crippen LogP contribution in [0.5, 0.6) is 11.5 Å². The molecule has 0 spiro atoms. The van der Waals surface area contributed by atoms with Crippen molar-refractivity contribution >= 4 is 0 Å². The van der Waals surface area contributed by atoms with Crippen molar-refractivity contribution in [1.82, 2.24) is 0 Å². The number of rotatable bonds is 1. The molecule has 2 aliphatic heterocycles. The van der Waals surface area contributed by atoms with E-state index in [4.69, 9.17) is 9.47 Å². The Morgan fingerprint density at radius 1 is 1.16 bits per heavy atom. The smallest absolute Gasteiger partial charge is 0.127 e. The molecule has 0 atom stereocenters. The molecule has 100 valence electrons. The Kier molecular flexibility index (Phi) is 2.89. The number of benzene rings is 1. The third-order valence-electron chi connectivity index (χ3n) is 3.99. The van der Waals surface area contributed by atoms with Crippen LogP contribution in [0.2, 0.25) is 0 Å². The highest BCUT2D eigenvalue weighted by Gasteiger charge is 2.33. The van der Waals surface area contributed by atoms with Crippen LogP contribution in [0.1, 0.15) is 43.4 Å². The Balaban J connectivity index is 2.27. The van der Waals surface area contributed by atoms with E-state index < -0.39 is 5.41 Å². The van der Waals surface area contributed by atoms with Gasteiger partial charge in [0.05, 0.1) is 24.7 Å². The van der Waals surface area contributed by atoms with Gasteiger partial charge in [0.2, 0.25) is 0 Å². The van der Waals surface area contributed by atoms with E-state index in [1.165, 1.54) is 11.1 Å². The van der Waals surface area contributed by atoms with Crippen molar-refractivity contribution in [2.75, 3.05) is 13.2 Å². The maximum absolute atomic E-state index is 9.50. The highest BCUT2D eigenvalue weighted by molar-refractivity contribution is 5.59. The van der Waals surface area contributed by atoms with Crippen LogP contribution in [-0.4, -0.2) is 13.2 Å². The van der Waals surface area contributed by atoms with E-state index in [1.807, 2.05) is 13.8 Å². The van der Waals surface area contributed by atoms with Gasteiger partial charge in [-0.1, -0.05) is 0 Å². The van der Waals surface area contributed by atoms with Gasteiger partial charge in [-0.15, -0.1) is 0 Å². The molecule has 0 fully saturated rings. The molecule has 0 saturated heterocycles. The lowest BCUT2D eigenvalue weighted by molar-refractivity contribution is 0.266. The van der Waals surface area contributed by atoms with E-state index in [0.717, 1.165) is 56.0 Å². The zero-order chi connectivity index (χ0) is 13.5. The van der Waals surface area contributed by atoms with Crippen LogP contribution in [0.15, 0.2) is 6.07 Å². The Hall–Kier alpha value is -1.69. The second kappa shape index (κ2) is 4.45. The van der Waals surface area contributed by atoms with E-state index in [1.54, 1.807) is 0 Å². The summed E-state index contributed by atoms with van der Waals surface area (Å²) in [6.45, 7) is 5.46. The van der Waals surface area contributed by atoms with E-state index >= 15 is 0 Å². The minimum atomic E-state index is -0.534. The molecule has 3 nitrogen and oxygen atoms in total. The minimum absolute atomic E-state index is 0.534. The lowest BCUT2D eigenvalue weighted by atomic mass is 9.78. The van der Waals surface area contributed by atoms with Crippen molar-refractivity contribution in [3.63, 3.8) is 0 Å². The molecule has 19 heavy (non-hydrogen) atoms. The fourth-order valence-electron chi connectivity index (χ4n) is 3.04. The molecule has 0 unspecified atom stereocenters. The molecule has 2 heterocycles. The van der Waals surface area contributed by atoms with Gasteiger partial charge in [-0.3, -0.25) is 0 Å². The fourth-order valence-corrected chi connectivity index (χ4v) is 3.04. The number of hydrogen-bond acceptors (Lipinski definition) is 3. The molecule has 0 bridgehead atoms. The zero-order valence-electron chi connectivity index (χ0n) is 11.6. The van der Waals surface area contributed by atoms with Gasteiger partial charge in [-0.05, 0) is 51.2 Å². The normalized spacial score (nSPS) is 17.5. The molecule has 0 aliphatic carbocycles. The lowest BCUT2D eigenvalue weighted by Gasteiger charge is -2.31. The second-order valence-corrected chi connectivity index (χ2v) is 5.86. The molecule has 2 aliphatic rings. The first-order chi connectivity index (χ1) is 9.13. The predicted octanol–water partition coefficient (Wildman–Crippen LogP) is 3.14.